The number of nitrogens with two attached hydrogens (primary N) is 1. The van der Waals surface area contributed by atoms with E-state index in [9.17, 15) is 13.2 Å². The van der Waals surface area contributed by atoms with Crippen LogP contribution in [0.2, 0.25) is 0 Å². The highest BCUT2D eigenvalue weighted by atomic mass is 32.2. The average Bonchev–Trinajstić information content (AvgIpc) is 2.02. The summed E-state index contributed by atoms with van der Waals surface area (Å²) in [5.74, 6) is -0.252. The molecule has 0 aromatic heterocycles. The topological polar surface area (TPSA) is 111 Å². The van der Waals surface area contributed by atoms with Crippen molar-refractivity contribution in [3.05, 3.63) is 0 Å². The van der Waals surface area contributed by atoms with Crippen LogP contribution >= 0.6 is 0 Å². The molecule has 0 unspecified atom stereocenters. The van der Waals surface area contributed by atoms with E-state index in [0.717, 1.165) is 0 Å². The summed E-state index contributed by atoms with van der Waals surface area (Å²) in [5.41, 5.74) is 0. The molecule has 0 spiro atoms. The van der Waals surface area contributed by atoms with Crippen LogP contribution in [0.25, 0.3) is 0 Å². The maximum absolute atomic E-state index is 11.0. The first-order chi connectivity index (χ1) is 6.45. The van der Waals surface area contributed by atoms with Gasteiger partial charge in [-0.3, -0.25) is 4.79 Å². The van der Waals surface area contributed by atoms with Gasteiger partial charge in [0.15, 0.2) is 0 Å². The predicted octanol–water partition coefficient (Wildman–Crippen LogP) is -2.07. The highest BCUT2D eigenvalue weighted by molar-refractivity contribution is 7.87. The van der Waals surface area contributed by atoms with Crippen LogP contribution in [0.5, 0.6) is 0 Å². The average molecular weight is 225 g/mol. The second kappa shape index (κ2) is 6.71. The van der Waals surface area contributed by atoms with E-state index in [4.69, 9.17) is 4.74 Å². The third-order valence-electron chi connectivity index (χ3n) is 1.28. The van der Waals surface area contributed by atoms with Crippen LogP contribution < -0.4 is 15.2 Å². The number of hydrogen-bond donors (Lipinski definition) is 3. The second-order valence-electron chi connectivity index (χ2n) is 2.53. The number of carbonyl (C=O) groups excluding carboxylic acids is 1. The van der Waals surface area contributed by atoms with E-state index in [1.165, 1.54) is 7.11 Å². The molecule has 0 aliphatic carbocycles. The molecule has 8 heteroatoms. The minimum Gasteiger partial charge on any atom is -0.383 e. The van der Waals surface area contributed by atoms with Crippen LogP contribution in [0.1, 0.15) is 6.42 Å². The van der Waals surface area contributed by atoms with Crippen molar-refractivity contribution in [2.75, 3.05) is 26.8 Å². The van der Waals surface area contributed by atoms with Gasteiger partial charge in [-0.25, -0.2) is 9.86 Å². The summed E-state index contributed by atoms with van der Waals surface area (Å²) in [4.78, 5) is 11.0. The summed E-state index contributed by atoms with van der Waals surface area (Å²) in [5, 5.41) is 7.18. The van der Waals surface area contributed by atoms with E-state index in [1.54, 1.807) is 0 Å². The van der Waals surface area contributed by atoms with E-state index in [0.29, 0.717) is 13.2 Å². The third-order valence-corrected chi connectivity index (χ3v) is 1.89. The van der Waals surface area contributed by atoms with Gasteiger partial charge in [-0.2, -0.15) is 8.42 Å². The molecular weight excluding hydrogens is 210 g/mol. The summed E-state index contributed by atoms with van der Waals surface area (Å²) < 4.78 is 27.5. The van der Waals surface area contributed by atoms with Gasteiger partial charge in [-0.1, -0.05) is 0 Å². The fourth-order valence-electron chi connectivity index (χ4n) is 0.688. The lowest BCUT2D eigenvalue weighted by molar-refractivity contribution is -0.121. The summed E-state index contributed by atoms with van der Waals surface area (Å²) in [6, 6.07) is 0. The SMILES string of the molecule is COCCNC(=O)CCNS(N)(=O)=O. The maximum Gasteiger partial charge on any atom is 0.274 e. The van der Waals surface area contributed by atoms with E-state index in [2.05, 4.69) is 10.5 Å². The molecular formula is C6H15N3O4S. The van der Waals surface area contributed by atoms with Gasteiger partial charge >= 0.3 is 0 Å². The number of ether oxygens (including phenoxy) is 1. The van der Waals surface area contributed by atoms with Crippen LogP contribution in [0.15, 0.2) is 0 Å². The van der Waals surface area contributed by atoms with E-state index < -0.39 is 10.2 Å². The van der Waals surface area contributed by atoms with Gasteiger partial charge in [0, 0.05) is 26.6 Å². The Bertz CT molecular complexity index is 264. The minimum absolute atomic E-state index is 0.00233. The van der Waals surface area contributed by atoms with Gasteiger partial charge in [-0.15, -0.1) is 0 Å². The van der Waals surface area contributed by atoms with Crippen LogP contribution in [-0.2, 0) is 19.7 Å². The van der Waals surface area contributed by atoms with Crippen molar-refractivity contribution in [2.45, 2.75) is 6.42 Å². The number of hydrogen-bond acceptors (Lipinski definition) is 4. The standard InChI is InChI=1S/C6H15N3O4S/c1-13-5-4-8-6(10)2-3-9-14(7,11)12/h9H,2-5H2,1H3,(H,8,10)(H2,7,11,12). The number of amides is 1. The Morgan fingerprint density at radius 2 is 2.07 bits per heavy atom. The molecule has 0 fully saturated rings. The molecule has 0 atom stereocenters. The van der Waals surface area contributed by atoms with Crippen molar-refractivity contribution in [2.24, 2.45) is 5.14 Å². The van der Waals surface area contributed by atoms with E-state index in [-0.39, 0.29) is 18.9 Å². The number of carbonyl (C=O) groups is 1. The molecule has 0 aromatic carbocycles. The van der Waals surface area contributed by atoms with Crippen molar-refractivity contribution in [1.29, 1.82) is 0 Å². The fraction of sp³-hybridized carbons (Fsp3) is 0.833. The first-order valence-corrected chi connectivity index (χ1v) is 5.53. The number of nitrogens with one attached hydrogen (secondary N) is 2. The monoisotopic (exact) mass is 225 g/mol. The van der Waals surface area contributed by atoms with Gasteiger partial charge in [-0.05, 0) is 0 Å². The molecule has 0 bridgehead atoms. The molecule has 0 saturated carbocycles. The molecule has 0 radical (unpaired) electrons. The van der Waals surface area contributed by atoms with Crippen molar-refractivity contribution >= 4 is 16.1 Å². The molecule has 1 amide bonds. The first-order valence-electron chi connectivity index (χ1n) is 3.98. The number of rotatable bonds is 7. The van der Waals surface area contributed by atoms with Gasteiger partial charge in [0.05, 0.1) is 6.61 Å². The zero-order valence-corrected chi connectivity index (χ0v) is 8.76. The van der Waals surface area contributed by atoms with E-state index >= 15 is 0 Å². The van der Waals surface area contributed by atoms with Crippen molar-refractivity contribution in [1.82, 2.24) is 10.0 Å². The molecule has 14 heavy (non-hydrogen) atoms. The Balaban J connectivity index is 3.45. The maximum atomic E-state index is 11.0. The highest BCUT2D eigenvalue weighted by Crippen LogP contribution is 1.78. The Morgan fingerprint density at radius 1 is 1.43 bits per heavy atom. The predicted molar refractivity (Wildman–Crippen MR) is 50.6 cm³/mol. The molecule has 0 heterocycles. The molecule has 84 valence electrons. The summed E-state index contributed by atoms with van der Waals surface area (Å²) in [7, 11) is -2.18. The molecule has 0 saturated heterocycles. The number of methoxy groups -OCH3 is 1. The van der Waals surface area contributed by atoms with Crippen LogP contribution in [0, 0.1) is 0 Å². The second-order valence-corrected chi connectivity index (χ2v) is 3.91. The Kier molecular flexibility index (Phi) is 6.37. The summed E-state index contributed by atoms with van der Waals surface area (Å²) in [6.45, 7) is 0.830. The van der Waals surface area contributed by atoms with Crippen molar-refractivity contribution in [3.63, 3.8) is 0 Å². The Morgan fingerprint density at radius 3 is 2.57 bits per heavy atom. The third kappa shape index (κ3) is 9.39. The first kappa shape index (κ1) is 13.3. The smallest absolute Gasteiger partial charge is 0.274 e. The Labute approximate surface area is 83.2 Å². The van der Waals surface area contributed by atoms with Gasteiger partial charge < -0.3 is 10.1 Å². The lowest BCUT2D eigenvalue weighted by Gasteiger charge is -2.04. The normalized spacial score (nSPS) is 11.3. The molecule has 0 aliphatic heterocycles. The van der Waals surface area contributed by atoms with E-state index in [1.807, 2.05) is 4.72 Å². The molecule has 4 N–H and O–H groups in total. The Hall–Kier alpha value is -0.700. The zero-order valence-electron chi connectivity index (χ0n) is 7.95. The summed E-state index contributed by atoms with van der Waals surface area (Å²) >= 11 is 0. The van der Waals surface area contributed by atoms with Gasteiger partial charge in [0.1, 0.15) is 0 Å². The fourth-order valence-corrected chi connectivity index (χ4v) is 1.07. The van der Waals surface area contributed by atoms with Crippen LogP contribution in [0.4, 0.5) is 0 Å². The minimum atomic E-state index is -3.70. The van der Waals surface area contributed by atoms with Crippen molar-refractivity contribution in [3.8, 4) is 0 Å². The van der Waals surface area contributed by atoms with Crippen LogP contribution in [0.3, 0.4) is 0 Å². The quantitative estimate of drug-likeness (QED) is 0.432. The van der Waals surface area contributed by atoms with Crippen LogP contribution in [-0.4, -0.2) is 41.1 Å². The zero-order chi connectivity index (χ0) is 11.0. The van der Waals surface area contributed by atoms with Gasteiger partial charge in [0.2, 0.25) is 5.91 Å². The molecule has 0 rings (SSSR count). The molecule has 0 aliphatic rings. The lowest BCUT2D eigenvalue weighted by Crippen LogP contribution is -2.35. The van der Waals surface area contributed by atoms with Crippen molar-refractivity contribution < 1.29 is 17.9 Å². The highest BCUT2D eigenvalue weighted by Gasteiger charge is 2.03. The summed E-state index contributed by atoms with van der Waals surface area (Å²) in [6.07, 6.45) is 0.0557. The molecule has 7 nitrogen and oxygen atoms in total. The molecule has 0 aromatic rings. The lowest BCUT2D eigenvalue weighted by atomic mass is 10.4. The largest absolute Gasteiger partial charge is 0.383 e. The van der Waals surface area contributed by atoms with Gasteiger partial charge in [0.25, 0.3) is 10.2 Å².